The summed E-state index contributed by atoms with van der Waals surface area (Å²) in [5.41, 5.74) is -4.11. The van der Waals surface area contributed by atoms with Crippen molar-refractivity contribution in [1.29, 1.82) is 0 Å². The molecule has 0 bridgehead atoms. The van der Waals surface area contributed by atoms with Gasteiger partial charge in [0.25, 0.3) is 5.60 Å². The third-order valence-electron chi connectivity index (χ3n) is 1.80. The predicted octanol–water partition coefficient (Wildman–Crippen LogP) is 0.0878. The number of carboxylic acids is 1. The van der Waals surface area contributed by atoms with Crippen molar-refractivity contribution in [1.82, 2.24) is 0 Å². The molecule has 0 radical (unpaired) electrons. The molecule has 0 aliphatic rings. The lowest BCUT2D eigenvalue weighted by molar-refractivity contribution is -0.359. The number of hydrogen-bond acceptors (Lipinski definition) is 4. The molecule has 4 nitrogen and oxygen atoms in total. The molecule has 1 rings (SSSR count). The Morgan fingerprint density at radius 3 is 2.27 bits per heavy atom. The van der Waals surface area contributed by atoms with Crippen molar-refractivity contribution in [2.75, 3.05) is 0 Å². The number of aliphatic hydroxyl groups is 1. The summed E-state index contributed by atoms with van der Waals surface area (Å²) in [6.07, 6.45) is -5.41. The minimum absolute atomic E-state index is 0.0499. The smallest absolute Gasteiger partial charge is 0.430 e. The van der Waals surface area contributed by atoms with E-state index in [9.17, 15) is 23.1 Å². The van der Waals surface area contributed by atoms with Gasteiger partial charge >= 0.3 is 6.18 Å². The Bertz CT molecular complexity index is 381. The van der Waals surface area contributed by atoms with Crippen molar-refractivity contribution >= 4 is 5.97 Å². The summed E-state index contributed by atoms with van der Waals surface area (Å²) in [7, 11) is 0. The number of halogens is 3. The molecule has 0 spiro atoms. The van der Waals surface area contributed by atoms with Crippen LogP contribution >= 0.6 is 0 Å². The number of rotatable bonds is 2. The molecule has 1 aromatic rings. The highest BCUT2D eigenvalue weighted by molar-refractivity contribution is 5.77. The van der Waals surface area contributed by atoms with Gasteiger partial charge in [0.05, 0.1) is 5.97 Å². The van der Waals surface area contributed by atoms with Gasteiger partial charge in [-0.2, -0.15) is 13.2 Å². The first-order valence-corrected chi connectivity index (χ1v) is 3.77. The van der Waals surface area contributed by atoms with Crippen molar-refractivity contribution in [2.24, 2.45) is 0 Å². The molecule has 84 valence electrons. The third-order valence-corrected chi connectivity index (χ3v) is 1.80. The number of aryl methyl sites for hydroxylation is 1. The summed E-state index contributed by atoms with van der Waals surface area (Å²) < 4.78 is 41.4. The summed E-state index contributed by atoms with van der Waals surface area (Å²) in [5.74, 6) is -3.74. The molecule has 0 aliphatic heterocycles. The summed E-state index contributed by atoms with van der Waals surface area (Å²) in [6.45, 7) is 1.32. The number of alkyl halides is 3. The number of hydrogen-bond donors (Lipinski definition) is 1. The van der Waals surface area contributed by atoms with Crippen LogP contribution in [0.25, 0.3) is 0 Å². The fraction of sp³-hybridized carbons (Fsp3) is 0.375. The lowest BCUT2D eigenvalue weighted by Gasteiger charge is -2.28. The highest BCUT2D eigenvalue weighted by Crippen LogP contribution is 2.39. The van der Waals surface area contributed by atoms with E-state index in [2.05, 4.69) is 4.42 Å². The molecule has 0 aliphatic carbocycles. The van der Waals surface area contributed by atoms with Crippen LogP contribution in [0.5, 0.6) is 0 Å². The van der Waals surface area contributed by atoms with E-state index in [1.165, 1.54) is 6.92 Å². The van der Waals surface area contributed by atoms with Crippen LogP contribution in [-0.4, -0.2) is 17.3 Å². The second-order valence-electron chi connectivity index (χ2n) is 2.91. The molecule has 15 heavy (non-hydrogen) atoms. The van der Waals surface area contributed by atoms with E-state index in [0.717, 1.165) is 12.1 Å². The summed E-state index contributed by atoms with van der Waals surface area (Å²) in [5, 5.41) is 19.4. The fourth-order valence-electron chi connectivity index (χ4n) is 0.985. The SMILES string of the molecule is Cc1ccc([C@](O)(C(=O)[O-])C(F)(F)F)o1. The highest BCUT2D eigenvalue weighted by atomic mass is 19.4. The second kappa shape index (κ2) is 3.27. The van der Waals surface area contributed by atoms with Gasteiger partial charge in [-0.15, -0.1) is 0 Å². The molecule has 0 unspecified atom stereocenters. The first kappa shape index (κ1) is 11.6. The highest BCUT2D eigenvalue weighted by Gasteiger charge is 2.58. The van der Waals surface area contributed by atoms with Crippen LogP contribution in [0, 0.1) is 6.92 Å². The van der Waals surface area contributed by atoms with Crippen LogP contribution in [0.3, 0.4) is 0 Å². The van der Waals surface area contributed by atoms with E-state index in [4.69, 9.17) is 5.11 Å². The molecule has 1 atom stereocenters. The van der Waals surface area contributed by atoms with Crippen LogP contribution in [0.15, 0.2) is 16.5 Å². The summed E-state index contributed by atoms with van der Waals surface area (Å²) in [4.78, 5) is 10.3. The number of furan rings is 1. The fourth-order valence-corrected chi connectivity index (χ4v) is 0.985. The maximum Gasteiger partial charge on any atom is 0.430 e. The first-order chi connectivity index (χ1) is 6.69. The van der Waals surface area contributed by atoms with Gasteiger partial charge < -0.3 is 19.4 Å². The molecule has 0 aromatic carbocycles. The van der Waals surface area contributed by atoms with Gasteiger partial charge in [-0.25, -0.2) is 0 Å². The van der Waals surface area contributed by atoms with E-state index in [1.54, 1.807) is 0 Å². The zero-order valence-electron chi connectivity index (χ0n) is 7.46. The van der Waals surface area contributed by atoms with Crippen molar-refractivity contribution in [2.45, 2.75) is 18.7 Å². The van der Waals surface area contributed by atoms with E-state index in [1.807, 2.05) is 0 Å². The number of carboxylic acid groups (broad SMARTS) is 1. The molecule has 1 heterocycles. The van der Waals surface area contributed by atoms with Gasteiger partial charge in [0, 0.05) is 0 Å². The molecule has 0 amide bonds. The van der Waals surface area contributed by atoms with Crippen LogP contribution in [0.4, 0.5) is 13.2 Å². The maximum absolute atomic E-state index is 12.3. The Hall–Kier alpha value is -1.50. The largest absolute Gasteiger partial charge is 0.546 e. The van der Waals surface area contributed by atoms with Crippen LogP contribution in [-0.2, 0) is 10.4 Å². The van der Waals surface area contributed by atoms with Gasteiger partial charge in [0.15, 0.2) is 5.76 Å². The van der Waals surface area contributed by atoms with Gasteiger partial charge in [-0.3, -0.25) is 0 Å². The van der Waals surface area contributed by atoms with E-state index < -0.39 is 23.5 Å². The van der Waals surface area contributed by atoms with Gasteiger partial charge in [-0.1, -0.05) is 0 Å². The third kappa shape index (κ3) is 1.70. The molecular formula is C8H6F3O4-. The standard InChI is InChI=1S/C8H7F3O4/c1-4-2-3-5(15-4)7(14,6(12)13)8(9,10)11/h2-3,14H,1H3,(H,12,13)/p-1/t7-/m0/s1. The van der Waals surface area contributed by atoms with E-state index in [-0.39, 0.29) is 5.76 Å². The average Bonchev–Trinajstić information content (AvgIpc) is 2.48. The van der Waals surface area contributed by atoms with Crippen molar-refractivity contribution in [3.05, 3.63) is 23.7 Å². The quantitative estimate of drug-likeness (QED) is 0.770. The van der Waals surface area contributed by atoms with Crippen molar-refractivity contribution < 1.29 is 32.6 Å². The lowest BCUT2D eigenvalue weighted by Crippen LogP contribution is -2.55. The molecule has 7 heteroatoms. The Morgan fingerprint density at radius 2 is 2.00 bits per heavy atom. The van der Waals surface area contributed by atoms with Crippen molar-refractivity contribution in [3.63, 3.8) is 0 Å². The van der Waals surface area contributed by atoms with Crippen LogP contribution in [0.1, 0.15) is 11.5 Å². The average molecular weight is 223 g/mol. The molecule has 0 saturated carbocycles. The van der Waals surface area contributed by atoms with Gasteiger partial charge in [0.2, 0.25) is 0 Å². The Labute approximate surface area is 81.9 Å². The zero-order chi connectivity index (χ0) is 11.9. The molecule has 1 aromatic heterocycles. The topological polar surface area (TPSA) is 73.5 Å². The zero-order valence-corrected chi connectivity index (χ0v) is 7.46. The number of aliphatic carboxylic acids is 1. The Morgan fingerprint density at radius 1 is 1.47 bits per heavy atom. The monoisotopic (exact) mass is 223 g/mol. The summed E-state index contributed by atoms with van der Waals surface area (Å²) >= 11 is 0. The van der Waals surface area contributed by atoms with Crippen LogP contribution < -0.4 is 5.11 Å². The maximum atomic E-state index is 12.3. The molecule has 0 fully saturated rings. The predicted molar refractivity (Wildman–Crippen MR) is 38.4 cm³/mol. The Kier molecular flexibility index (Phi) is 2.52. The first-order valence-electron chi connectivity index (χ1n) is 3.77. The van der Waals surface area contributed by atoms with E-state index in [0.29, 0.717) is 0 Å². The molecular weight excluding hydrogens is 217 g/mol. The molecule has 0 saturated heterocycles. The van der Waals surface area contributed by atoms with Crippen molar-refractivity contribution in [3.8, 4) is 0 Å². The minimum Gasteiger partial charge on any atom is -0.546 e. The lowest BCUT2D eigenvalue weighted by atomic mass is 10.0. The van der Waals surface area contributed by atoms with E-state index >= 15 is 0 Å². The summed E-state index contributed by atoms with van der Waals surface area (Å²) in [6, 6.07) is 1.84. The van der Waals surface area contributed by atoms with Crippen LogP contribution in [0.2, 0.25) is 0 Å². The number of carbonyl (C=O) groups is 1. The minimum atomic E-state index is -5.41. The normalized spacial score (nSPS) is 16.1. The Balaban J connectivity index is 3.31. The molecule has 1 N–H and O–H groups in total. The number of carbonyl (C=O) groups excluding carboxylic acids is 1. The van der Waals surface area contributed by atoms with Gasteiger partial charge in [0.1, 0.15) is 5.76 Å². The van der Waals surface area contributed by atoms with Gasteiger partial charge in [-0.05, 0) is 19.1 Å². The second-order valence-corrected chi connectivity index (χ2v) is 2.91.